The highest BCUT2D eigenvalue weighted by atomic mass is 35.5. The number of likely N-dealkylation sites (N-methyl/N-ethyl adjacent to an activating group) is 1. The quantitative estimate of drug-likeness (QED) is 0.817. The molecule has 5 nitrogen and oxygen atoms in total. The lowest BCUT2D eigenvalue weighted by molar-refractivity contribution is -0.122. The van der Waals surface area contributed by atoms with Crippen LogP contribution < -0.4 is 15.4 Å². The first-order valence-corrected chi connectivity index (χ1v) is 8.01. The molecule has 0 spiro atoms. The molecule has 0 bridgehead atoms. The molecule has 0 heterocycles. The van der Waals surface area contributed by atoms with Gasteiger partial charge in [-0.2, -0.15) is 0 Å². The van der Waals surface area contributed by atoms with E-state index in [1.54, 1.807) is 36.4 Å². The highest BCUT2D eigenvalue weighted by Crippen LogP contribution is 2.23. The van der Waals surface area contributed by atoms with Crippen molar-refractivity contribution in [1.29, 1.82) is 0 Å². The second-order valence-corrected chi connectivity index (χ2v) is 5.69. The Morgan fingerprint density at radius 2 is 1.92 bits per heavy atom. The van der Waals surface area contributed by atoms with Crippen LogP contribution in [0.25, 0.3) is 0 Å². The molecule has 2 amide bonds. The van der Waals surface area contributed by atoms with Gasteiger partial charge < -0.3 is 15.4 Å². The lowest BCUT2D eigenvalue weighted by atomic mass is 10.2. The van der Waals surface area contributed by atoms with Crippen molar-refractivity contribution in [2.75, 3.05) is 18.5 Å². The number of benzene rings is 2. The van der Waals surface area contributed by atoms with E-state index in [0.29, 0.717) is 28.0 Å². The van der Waals surface area contributed by atoms with E-state index in [2.05, 4.69) is 10.6 Å². The minimum Gasteiger partial charge on any atom is -0.484 e. The summed E-state index contributed by atoms with van der Waals surface area (Å²) >= 11 is 11.9. The summed E-state index contributed by atoms with van der Waals surface area (Å²) in [5.74, 6) is -0.128. The molecular weight excluding hydrogens is 351 g/mol. The Bertz CT molecular complexity index is 750. The molecule has 0 unspecified atom stereocenters. The first-order chi connectivity index (χ1) is 11.5. The van der Waals surface area contributed by atoms with Gasteiger partial charge in [0.15, 0.2) is 6.61 Å². The molecule has 0 atom stereocenters. The van der Waals surface area contributed by atoms with Crippen molar-refractivity contribution in [2.45, 2.75) is 6.92 Å². The molecule has 0 aliphatic rings. The molecule has 2 aromatic rings. The smallest absolute Gasteiger partial charge is 0.257 e. The van der Waals surface area contributed by atoms with Crippen LogP contribution in [-0.2, 0) is 4.79 Å². The monoisotopic (exact) mass is 366 g/mol. The fraction of sp³-hybridized carbons (Fsp3) is 0.176. The van der Waals surface area contributed by atoms with Crippen molar-refractivity contribution in [3.63, 3.8) is 0 Å². The first-order valence-electron chi connectivity index (χ1n) is 7.25. The maximum absolute atomic E-state index is 12.3. The molecule has 0 saturated carbocycles. The van der Waals surface area contributed by atoms with Crippen LogP contribution in [0.3, 0.4) is 0 Å². The number of halogens is 2. The van der Waals surface area contributed by atoms with E-state index in [0.717, 1.165) is 0 Å². The molecule has 0 aliphatic heterocycles. The Labute approximate surface area is 149 Å². The Morgan fingerprint density at radius 3 is 2.67 bits per heavy atom. The van der Waals surface area contributed by atoms with Crippen LogP contribution >= 0.6 is 23.2 Å². The zero-order valence-electron chi connectivity index (χ0n) is 12.9. The van der Waals surface area contributed by atoms with Crippen LogP contribution in [0, 0.1) is 0 Å². The summed E-state index contributed by atoms with van der Waals surface area (Å²) in [6, 6.07) is 11.4. The molecule has 126 valence electrons. The molecule has 0 radical (unpaired) electrons. The van der Waals surface area contributed by atoms with Crippen molar-refractivity contribution in [2.24, 2.45) is 0 Å². The zero-order valence-corrected chi connectivity index (χ0v) is 14.4. The summed E-state index contributed by atoms with van der Waals surface area (Å²) in [6.07, 6.45) is 0. The standard InChI is InChI=1S/C17H16Cl2N2O3/c1-2-20-16(22)10-24-13-5-3-4-12(9-13)21-17(23)14-8-11(18)6-7-15(14)19/h3-9H,2,10H2,1H3,(H,20,22)(H,21,23). The average Bonchev–Trinajstić information content (AvgIpc) is 2.56. The minimum absolute atomic E-state index is 0.0919. The van der Waals surface area contributed by atoms with Crippen LogP contribution in [0.1, 0.15) is 17.3 Å². The summed E-state index contributed by atoms with van der Waals surface area (Å²) in [5, 5.41) is 6.08. The molecule has 0 fully saturated rings. The number of ether oxygens (including phenoxy) is 1. The van der Waals surface area contributed by atoms with Gasteiger partial charge >= 0.3 is 0 Å². The van der Waals surface area contributed by atoms with Gasteiger partial charge in [-0.1, -0.05) is 29.3 Å². The number of anilines is 1. The van der Waals surface area contributed by atoms with E-state index < -0.39 is 0 Å². The van der Waals surface area contributed by atoms with Gasteiger partial charge in [-0.15, -0.1) is 0 Å². The topological polar surface area (TPSA) is 67.4 Å². The van der Waals surface area contributed by atoms with E-state index in [1.165, 1.54) is 6.07 Å². The minimum atomic E-state index is -0.386. The average molecular weight is 367 g/mol. The number of rotatable bonds is 6. The number of carbonyl (C=O) groups excluding carboxylic acids is 2. The third-order valence-corrected chi connectivity index (χ3v) is 3.57. The van der Waals surface area contributed by atoms with E-state index in [-0.39, 0.29) is 24.0 Å². The Kier molecular flexibility index (Phi) is 6.46. The molecule has 2 N–H and O–H groups in total. The molecule has 0 aromatic heterocycles. The van der Waals surface area contributed by atoms with Crippen LogP contribution in [0.5, 0.6) is 5.75 Å². The summed E-state index contributed by atoms with van der Waals surface area (Å²) < 4.78 is 5.38. The molecule has 2 aromatic carbocycles. The van der Waals surface area contributed by atoms with Crippen LogP contribution in [0.15, 0.2) is 42.5 Å². The van der Waals surface area contributed by atoms with E-state index in [9.17, 15) is 9.59 Å². The van der Waals surface area contributed by atoms with Crippen LogP contribution in [0.4, 0.5) is 5.69 Å². The van der Waals surface area contributed by atoms with Gasteiger partial charge in [0.25, 0.3) is 11.8 Å². The van der Waals surface area contributed by atoms with Gasteiger partial charge in [0.2, 0.25) is 0 Å². The van der Waals surface area contributed by atoms with Gasteiger partial charge in [0, 0.05) is 23.3 Å². The van der Waals surface area contributed by atoms with Crippen molar-refractivity contribution >= 4 is 40.7 Å². The van der Waals surface area contributed by atoms with Gasteiger partial charge in [-0.3, -0.25) is 9.59 Å². The predicted octanol–water partition coefficient (Wildman–Crippen LogP) is 3.76. The van der Waals surface area contributed by atoms with Crippen molar-refractivity contribution in [3.05, 3.63) is 58.1 Å². The zero-order chi connectivity index (χ0) is 17.5. The second kappa shape index (κ2) is 8.57. The SMILES string of the molecule is CCNC(=O)COc1cccc(NC(=O)c2cc(Cl)ccc2Cl)c1. The number of nitrogens with one attached hydrogen (secondary N) is 2. The van der Waals surface area contributed by atoms with Gasteiger partial charge in [-0.25, -0.2) is 0 Å². The molecule has 0 saturated heterocycles. The molecule has 24 heavy (non-hydrogen) atoms. The highest BCUT2D eigenvalue weighted by molar-refractivity contribution is 6.36. The maximum Gasteiger partial charge on any atom is 0.257 e. The highest BCUT2D eigenvalue weighted by Gasteiger charge is 2.12. The van der Waals surface area contributed by atoms with Crippen molar-refractivity contribution < 1.29 is 14.3 Å². The van der Waals surface area contributed by atoms with Gasteiger partial charge in [-0.05, 0) is 37.3 Å². The molecular formula is C17H16Cl2N2O3. The van der Waals surface area contributed by atoms with Crippen LogP contribution in [-0.4, -0.2) is 25.0 Å². The lowest BCUT2D eigenvalue weighted by Crippen LogP contribution is -2.28. The number of hydrogen-bond donors (Lipinski definition) is 2. The summed E-state index contributed by atoms with van der Waals surface area (Å²) in [5.41, 5.74) is 0.794. The molecule has 0 aliphatic carbocycles. The Balaban J connectivity index is 2.05. The fourth-order valence-corrected chi connectivity index (χ4v) is 2.31. The molecule has 7 heteroatoms. The third-order valence-electron chi connectivity index (χ3n) is 3.01. The maximum atomic E-state index is 12.3. The summed E-state index contributed by atoms with van der Waals surface area (Å²) in [6.45, 7) is 2.28. The molecule has 2 rings (SSSR count). The van der Waals surface area contributed by atoms with Crippen LogP contribution in [0.2, 0.25) is 10.0 Å². The van der Waals surface area contributed by atoms with Gasteiger partial charge in [0.1, 0.15) is 5.75 Å². The van der Waals surface area contributed by atoms with Crippen molar-refractivity contribution in [1.82, 2.24) is 5.32 Å². The summed E-state index contributed by atoms with van der Waals surface area (Å²) in [4.78, 5) is 23.7. The van der Waals surface area contributed by atoms with E-state index >= 15 is 0 Å². The largest absolute Gasteiger partial charge is 0.484 e. The number of hydrogen-bond acceptors (Lipinski definition) is 3. The predicted molar refractivity (Wildman–Crippen MR) is 95.0 cm³/mol. The fourth-order valence-electron chi connectivity index (χ4n) is 1.93. The van der Waals surface area contributed by atoms with Gasteiger partial charge in [0.05, 0.1) is 10.6 Å². The number of amides is 2. The Hall–Kier alpha value is -2.24. The lowest BCUT2D eigenvalue weighted by Gasteiger charge is -2.10. The number of carbonyl (C=O) groups is 2. The normalized spacial score (nSPS) is 10.1. The summed E-state index contributed by atoms with van der Waals surface area (Å²) in [7, 11) is 0. The third kappa shape index (κ3) is 5.15. The Morgan fingerprint density at radius 1 is 1.12 bits per heavy atom. The van der Waals surface area contributed by atoms with E-state index in [1.807, 2.05) is 6.92 Å². The van der Waals surface area contributed by atoms with E-state index in [4.69, 9.17) is 27.9 Å². The first kappa shape index (κ1) is 18.1. The second-order valence-electron chi connectivity index (χ2n) is 4.85. The van der Waals surface area contributed by atoms with Crippen molar-refractivity contribution in [3.8, 4) is 5.75 Å².